The molecule has 2 amide bonds. The van der Waals surface area contributed by atoms with E-state index in [0.29, 0.717) is 22.8 Å². The van der Waals surface area contributed by atoms with Gasteiger partial charge in [-0.25, -0.2) is 8.42 Å². The van der Waals surface area contributed by atoms with Crippen molar-refractivity contribution in [1.82, 2.24) is 10.2 Å². The van der Waals surface area contributed by atoms with Gasteiger partial charge in [-0.1, -0.05) is 54.4 Å². The van der Waals surface area contributed by atoms with Crippen LogP contribution < -0.4 is 14.4 Å². The lowest BCUT2D eigenvalue weighted by Gasteiger charge is -2.33. The molecule has 40 heavy (non-hydrogen) atoms. The molecule has 0 bridgehead atoms. The molecule has 3 aromatic carbocycles. The third-order valence-corrected chi connectivity index (χ3v) is 8.52. The molecule has 1 N–H and O–H groups in total. The number of amides is 2. The molecule has 0 aliphatic carbocycles. The zero-order valence-corrected chi connectivity index (χ0v) is 25.0. The Kier molecular flexibility index (Phi) is 10.6. The molecule has 0 unspecified atom stereocenters. The van der Waals surface area contributed by atoms with Crippen molar-refractivity contribution in [2.45, 2.75) is 57.6 Å². The summed E-state index contributed by atoms with van der Waals surface area (Å²) in [6.07, 6.45) is 0.321. The average Bonchev–Trinajstić information content (AvgIpc) is 2.92. The first-order valence-corrected chi connectivity index (χ1v) is 14.9. The van der Waals surface area contributed by atoms with Crippen molar-refractivity contribution < 1.29 is 22.7 Å². The van der Waals surface area contributed by atoms with E-state index in [2.05, 4.69) is 5.32 Å². The fraction of sp³-hybridized carbons (Fsp3) is 0.333. The lowest BCUT2D eigenvalue weighted by Crippen LogP contribution is -2.53. The molecular weight excluding hydrogens is 550 g/mol. The van der Waals surface area contributed by atoms with E-state index in [-0.39, 0.29) is 29.1 Å². The summed E-state index contributed by atoms with van der Waals surface area (Å²) >= 11 is 6.42. The normalized spacial score (nSPS) is 12.1. The molecule has 0 fully saturated rings. The molecule has 214 valence electrons. The van der Waals surface area contributed by atoms with Gasteiger partial charge in [-0.15, -0.1) is 0 Å². The van der Waals surface area contributed by atoms with Crippen molar-refractivity contribution in [3.05, 3.63) is 88.9 Å². The number of nitrogens with zero attached hydrogens (tertiary/aromatic N) is 2. The Balaban J connectivity index is 2.08. The number of carbonyl (C=O) groups excluding carboxylic acids is 2. The minimum atomic E-state index is -4.15. The Hall–Kier alpha value is -3.56. The van der Waals surface area contributed by atoms with Gasteiger partial charge in [-0.05, 0) is 75.2 Å². The number of rotatable bonds is 12. The maximum Gasteiger partial charge on any atom is 0.264 e. The van der Waals surface area contributed by atoms with Crippen LogP contribution in [-0.4, -0.2) is 50.9 Å². The number of methoxy groups -OCH3 is 1. The van der Waals surface area contributed by atoms with Crippen molar-refractivity contribution >= 4 is 39.1 Å². The Morgan fingerprint density at radius 2 is 1.60 bits per heavy atom. The second-order valence-electron chi connectivity index (χ2n) is 9.72. The topological polar surface area (TPSA) is 96.0 Å². The van der Waals surface area contributed by atoms with E-state index in [1.165, 1.54) is 24.1 Å². The summed E-state index contributed by atoms with van der Waals surface area (Å²) in [6.45, 7) is 6.85. The highest BCUT2D eigenvalue weighted by Gasteiger charge is 2.34. The van der Waals surface area contributed by atoms with E-state index >= 15 is 0 Å². The van der Waals surface area contributed by atoms with Crippen molar-refractivity contribution in [2.75, 3.05) is 18.0 Å². The first-order chi connectivity index (χ1) is 19.0. The Bertz CT molecular complexity index is 1410. The highest BCUT2D eigenvalue weighted by molar-refractivity contribution is 7.92. The molecule has 8 nitrogen and oxygen atoms in total. The van der Waals surface area contributed by atoms with Crippen LogP contribution in [0.3, 0.4) is 0 Å². The predicted molar refractivity (Wildman–Crippen MR) is 158 cm³/mol. The summed E-state index contributed by atoms with van der Waals surface area (Å²) in [5.41, 5.74) is 1.83. The maximum absolute atomic E-state index is 14.1. The SMILES string of the molecule is CC[C@@H](C(=O)NC(C)C)N(Cc1ccccc1Cl)C(=O)CN(c1ccc(OC)cc1)S(=O)(=O)c1ccc(C)cc1. The third-order valence-electron chi connectivity index (χ3n) is 6.36. The van der Waals surface area contributed by atoms with Crippen molar-refractivity contribution in [3.8, 4) is 5.75 Å². The summed E-state index contributed by atoms with van der Waals surface area (Å²) in [6, 6.07) is 18.9. The number of sulfonamides is 1. The number of ether oxygens (including phenoxy) is 1. The van der Waals surface area contributed by atoms with Gasteiger partial charge in [0.1, 0.15) is 18.3 Å². The van der Waals surface area contributed by atoms with Gasteiger partial charge in [0, 0.05) is 17.6 Å². The van der Waals surface area contributed by atoms with Crippen molar-refractivity contribution in [1.29, 1.82) is 0 Å². The van der Waals surface area contributed by atoms with Gasteiger partial charge in [0.2, 0.25) is 11.8 Å². The second-order valence-corrected chi connectivity index (χ2v) is 12.0. The quantitative estimate of drug-likeness (QED) is 0.316. The van der Waals surface area contributed by atoms with Crippen LogP contribution in [0.25, 0.3) is 0 Å². The molecule has 1 atom stereocenters. The van der Waals surface area contributed by atoms with E-state index in [9.17, 15) is 18.0 Å². The zero-order valence-electron chi connectivity index (χ0n) is 23.4. The third kappa shape index (κ3) is 7.55. The lowest BCUT2D eigenvalue weighted by molar-refractivity contribution is -0.140. The molecule has 3 rings (SSSR count). The van der Waals surface area contributed by atoms with Crippen LogP contribution >= 0.6 is 11.6 Å². The highest BCUT2D eigenvalue weighted by Crippen LogP contribution is 2.27. The number of carbonyl (C=O) groups is 2. The van der Waals surface area contributed by atoms with Gasteiger partial charge in [0.15, 0.2) is 0 Å². The molecule has 0 heterocycles. The van der Waals surface area contributed by atoms with Gasteiger partial charge < -0.3 is 15.0 Å². The summed E-state index contributed by atoms with van der Waals surface area (Å²) in [5, 5.41) is 3.32. The highest BCUT2D eigenvalue weighted by atomic mass is 35.5. The number of hydrogen-bond donors (Lipinski definition) is 1. The summed E-state index contributed by atoms with van der Waals surface area (Å²) in [5.74, 6) is -0.327. The van der Waals surface area contributed by atoms with Crippen LogP contribution in [0.4, 0.5) is 5.69 Å². The van der Waals surface area contributed by atoms with Crippen LogP contribution in [0.2, 0.25) is 5.02 Å². The molecule has 0 aliphatic rings. The fourth-order valence-electron chi connectivity index (χ4n) is 4.23. The molecular formula is C30H36ClN3O5S. The van der Waals surface area contributed by atoms with Crippen LogP contribution in [0.15, 0.2) is 77.7 Å². The molecule has 0 saturated carbocycles. The van der Waals surface area contributed by atoms with Crippen LogP contribution in [-0.2, 0) is 26.2 Å². The Morgan fingerprint density at radius 3 is 2.15 bits per heavy atom. The average molecular weight is 586 g/mol. The van der Waals surface area contributed by atoms with E-state index < -0.39 is 28.5 Å². The molecule has 0 radical (unpaired) electrons. The number of anilines is 1. The Morgan fingerprint density at radius 1 is 0.975 bits per heavy atom. The van der Waals surface area contributed by atoms with Gasteiger partial charge >= 0.3 is 0 Å². The lowest BCUT2D eigenvalue weighted by atomic mass is 10.1. The number of aryl methyl sites for hydroxylation is 1. The van der Waals surface area contributed by atoms with Gasteiger partial charge in [0.05, 0.1) is 17.7 Å². The minimum Gasteiger partial charge on any atom is -0.497 e. The largest absolute Gasteiger partial charge is 0.497 e. The van der Waals surface area contributed by atoms with E-state index in [0.717, 1.165) is 9.87 Å². The number of hydrogen-bond acceptors (Lipinski definition) is 5. The Labute approximate surface area is 241 Å². The van der Waals surface area contributed by atoms with Gasteiger partial charge in [-0.3, -0.25) is 13.9 Å². The van der Waals surface area contributed by atoms with E-state index in [4.69, 9.17) is 16.3 Å². The summed E-state index contributed by atoms with van der Waals surface area (Å²) in [7, 11) is -2.64. The number of benzene rings is 3. The monoisotopic (exact) mass is 585 g/mol. The molecule has 3 aromatic rings. The van der Waals surface area contributed by atoms with Gasteiger partial charge in [-0.2, -0.15) is 0 Å². The summed E-state index contributed by atoms with van der Waals surface area (Å²) in [4.78, 5) is 28.7. The molecule has 0 saturated heterocycles. The molecule has 0 spiro atoms. The van der Waals surface area contributed by atoms with Crippen molar-refractivity contribution in [2.24, 2.45) is 0 Å². The molecule has 0 aliphatic heterocycles. The van der Waals surface area contributed by atoms with Crippen LogP contribution in [0, 0.1) is 6.92 Å². The first kappa shape index (κ1) is 31.0. The van der Waals surface area contributed by atoms with Crippen molar-refractivity contribution in [3.63, 3.8) is 0 Å². The number of nitrogens with one attached hydrogen (secondary N) is 1. The summed E-state index contributed by atoms with van der Waals surface area (Å²) < 4.78 is 34.1. The fourth-order valence-corrected chi connectivity index (χ4v) is 5.83. The van der Waals surface area contributed by atoms with Crippen LogP contribution in [0.1, 0.15) is 38.3 Å². The molecule has 0 aromatic heterocycles. The standard InChI is InChI=1S/C30H36ClN3O5S/c1-6-28(30(36)32-21(2)3)33(19-23-9-7-8-10-27(23)31)29(35)20-34(24-13-15-25(39-5)16-14-24)40(37,38)26-17-11-22(4)12-18-26/h7-18,21,28H,6,19-20H2,1-5H3,(H,32,36)/t28-/m0/s1. The maximum atomic E-state index is 14.1. The first-order valence-electron chi connectivity index (χ1n) is 13.0. The second kappa shape index (κ2) is 13.7. The van der Waals surface area contributed by atoms with Gasteiger partial charge in [0.25, 0.3) is 10.0 Å². The zero-order chi connectivity index (χ0) is 29.4. The number of halogens is 1. The van der Waals surface area contributed by atoms with E-state index in [1.54, 1.807) is 60.7 Å². The molecule has 10 heteroatoms. The smallest absolute Gasteiger partial charge is 0.264 e. The van der Waals surface area contributed by atoms with E-state index in [1.807, 2.05) is 27.7 Å². The van der Waals surface area contributed by atoms with Crippen LogP contribution in [0.5, 0.6) is 5.75 Å². The predicted octanol–water partition coefficient (Wildman–Crippen LogP) is 5.18. The minimum absolute atomic E-state index is 0.0313.